The third-order valence-corrected chi connectivity index (χ3v) is 4.90. The molecule has 0 fully saturated rings. The number of pyridine rings is 1. The number of aromatic nitrogens is 1. The molecule has 0 saturated carbocycles. The summed E-state index contributed by atoms with van der Waals surface area (Å²) in [5.74, 6) is -0.101. The van der Waals surface area contributed by atoms with Gasteiger partial charge in [0.2, 0.25) is 5.91 Å². The van der Waals surface area contributed by atoms with Gasteiger partial charge in [-0.3, -0.25) is 9.78 Å². The maximum absolute atomic E-state index is 12.1. The molecule has 144 valence electrons. The van der Waals surface area contributed by atoms with Crippen molar-refractivity contribution < 1.29 is 4.79 Å². The van der Waals surface area contributed by atoms with E-state index in [0.717, 1.165) is 12.1 Å². The first kappa shape index (κ1) is 18.7. The maximum Gasteiger partial charge on any atom is 0.244 e. The monoisotopic (exact) mass is 381 g/mol. The van der Waals surface area contributed by atoms with Gasteiger partial charge in [0.25, 0.3) is 0 Å². The van der Waals surface area contributed by atoms with Gasteiger partial charge in [-0.05, 0) is 34.4 Å². The number of hydrogen-bond donors (Lipinski definition) is 1. The molecule has 1 amide bonds. The van der Waals surface area contributed by atoms with Crippen molar-refractivity contribution in [3.63, 3.8) is 0 Å². The topological polar surface area (TPSA) is 45.2 Å². The molecule has 2 heterocycles. The lowest BCUT2D eigenvalue weighted by atomic mass is 9.94. The van der Waals surface area contributed by atoms with Gasteiger partial charge < -0.3 is 10.2 Å². The maximum atomic E-state index is 12.1. The second-order valence-corrected chi connectivity index (χ2v) is 7.02. The summed E-state index contributed by atoms with van der Waals surface area (Å²) < 4.78 is 0. The second-order valence-electron chi connectivity index (χ2n) is 7.02. The van der Waals surface area contributed by atoms with Crippen LogP contribution >= 0.6 is 0 Å². The molecule has 0 atom stereocenters. The molecular formula is C25H23N3O. The molecule has 4 heteroatoms. The molecule has 3 aromatic rings. The summed E-state index contributed by atoms with van der Waals surface area (Å²) >= 11 is 0. The summed E-state index contributed by atoms with van der Waals surface area (Å²) in [6.45, 7) is 1.39. The summed E-state index contributed by atoms with van der Waals surface area (Å²) in [7, 11) is 0. The van der Waals surface area contributed by atoms with Gasteiger partial charge in [-0.25, -0.2) is 0 Å². The molecule has 0 saturated heterocycles. The van der Waals surface area contributed by atoms with Gasteiger partial charge in [0.15, 0.2) is 0 Å². The number of carbonyl (C=O) groups is 1. The SMILES string of the molecule is O=C(C=Cc1cccnc1)NCC1=CN(C(c2ccccc2)c2ccccc2)C1. The normalized spacial score (nSPS) is 13.3. The van der Waals surface area contributed by atoms with Crippen molar-refractivity contribution in [2.45, 2.75) is 6.04 Å². The van der Waals surface area contributed by atoms with Crippen molar-refractivity contribution in [3.8, 4) is 0 Å². The fraction of sp³-hybridized carbons (Fsp3) is 0.120. The summed E-state index contributed by atoms with van der Waals surface area (Å²) in [5, 5.41) is 2.95. The Balaban J connectivity index is 1.38. The Bertz CT molecular complexity index is 959. The molecule has 0 unspecified atom stereocenters. The molecular weight excluding hydrogens is 358 g/mol. The number of rotatable bonds is 7. The highest BCUT2D eigenvalue weighted by Gasteiger charge is 2.26. The van der Waals surface area contributed by atoms with E-state index in [-0.39, 0.29) is 11.9 Å². The predicted octanol–water partition coefficient (Wildman–Crippen LogP) is 4.20. The standard InChI is InChI=1S/C25H23N3O/c29-24(14-13-20-8-7-15-26-16-20)27-17-21-18-28(19-21)25(22-9-3-1-4-10-22)23-11-5-2-6-12-23/h1-16,18,25H,17,19H2,(H,27,29). The van der Waals surface area contributed by atoms with E-state index in [9.17, 15) is 4.79 Å². The van der Waals surface area contributed by atoms with Crippen LogP contribution in [0.25, 0.3) is 6.08 Å². The molecule has 1 aliphatic heterocycles. The largest absolute Gasteiger partial charge is 0.362 e. The zero-order valence-corrected chi connectivity index (χ0v) is 16.1. The van der Waals surface area contributed by atoms with Crippen LogP contribution in [-0.4, -0.2) is 28.9 Å². The van der Waals surface area contributed by atoms with Gasteiger partial charge in [0.05, 0.1) is 6.04 Å². The van der Waals surface area contributed by atoms with E-state index in [1.165, 1.54) is 16.7 Å². The van der Waals surface area contributed by atoms with Crippen molar-refractivity contribution in [1.82, 2.24) is 15.2 Å². The first-order valence-corrected chi connectivity index (χ1v) is 9.71. The van der Waals surface area contributed by atoms with Crippen LogP contribution in [0.5, 0.6) is 0 Å². The Kier molecular flexibility index (Phi) is 5.81. The molecule has 1 N–H and O–H groups in total. The fourth-order valence-corrected chi connectivity index (χ4v) is 3.46. The average molecular weight is 381 g/mol. The van der Waals surface area contributed by atoms with Crippen LogP contribution in [-0.2, 0) is 4.79 Å². The van der Waals surface area contributed by atoms with Crippen LogP contribution in [0.4, 0.5) is 0 Å². The van der Waals surface area contributed by atoms with Gasteiger partial charge in [-0.15, -0.1) is 0 Å². The Morgan fingerprint density at radius 1 is 1.00 bits per heavy atom. The van der Waals surface area contributed by atoms with Crippen molar-refractivity contribution in [2.75, 3.05) is 13.1 Å². The summed E-state index contributed by atoms with van der Waals surface area (Å²) in [5.41, 5.74) is 4.64. The Morgan fingerprint density at radius 3 is 2.24 bits per heavy atom. The van der Waals surface area contributed by atoms with Gasteiger partial charge in [0.1, 0.15) is 0 Å². The van der Waals surface area contributed by atoms with E-state index >= 15 is 0 Å². The molecule has 0 bridgehead atoms. The number of amides is 1. The number of nitrogens with zero attached hydrogens (tertiary/aromatic N) is 2. The molecule has 0 aliphatic carbocycles. The van der Waals surface area contributed by atoms with Gasteiger partial charge >= 0.3 is 0 Å². The molecule has 0 radical (unpaired) electrons. The van der Waals surface area contributed by atoms with E-state index in [0.29, 0.717) is 6.54 Å². The number of nitrogens with one attached hydrogen (secondary N) is 1. The molecule has 2 aromatic carbocycles. The molecule has 1 aromatic heterocycles. The smallest absolute Gasteiger partial charge is 0.244 e. The van der Waals surface area contributed by atoms with Crippen molar-refractivity contribution in [1.29, 1.82) is 0 Å². The highest BCUT2D eigenvalue weighted by atomic mass is 16.1. The van der Waals surface area contributed by atoms with Crippen LogP contribution < -0.4 is 5.32 Å². The van der Waals surface area contributed by atoms with Gasteiger partial charge in [0, 0.05) is 37.8 Å². The van der Waals surface area contributed by atoms with Crippen LogP contribution in [0.3, 0.4) is 0 Å². The van der Waals surface area contributed by atoms with Gasteiger partial charge in [-0.1, -0.05) is 66.7 Å². The number of hydrogen-bond acceptors (Lipinski definition) is 3. The van der Waals surface area contributed by atoms with E-state index in [4.69, 9.17) is 0 Å². The third kappa shape index (κ3) is 4.79. The Hall–Kier alpha value is -3.66. The molecule has 0 spiro atoms. The van der Waals surface area contributed by atoms with E-state index in [2.05, 4.69) is 69.9 Å². The lowest BCUT2D eigenvalue weighted by Crippen LogP contribution is -2.38. The second kappa shape index (κ2) is 9.02. The first-order chi connectivity index (χ1) is 14.3. The lowest BCUT2D eigenvalue weighted by Gasteiger charge is -2.39. The average Bonchev–Trinajstić information content (AvgIpc) is 2.75. The van der Waals surface area contributed by atoms with Crippen molar-refractivity contribution in [3.05, 3.63) is 120 Å². The molecule has 29 heavy (non-hydrogen) atoms. The zero-order valence-electron chi connectivity index (χ0n) is 16.1. The lowest BCUT2D eigenvalue weighted by molar-refractivity contribution is -0.116. The van der Waals surface area contributed by atoms with E-state index in [1.54, 1.807) is 24.5 Å². The Labute approximate surface area is 171 Å². The van der Waals surface area contributed by atoms with E-state index < -0.39 is 0 Å². The van der Waals surface area contributed by atoms with Crippen LogP contribution in [0.2, 0.25) is 0 Å². The number of benzene rings is 2. The van der Waals surface area contributed by atoms with E-state index in [1.807, 2.05) is 24.3 Å². The van der Waals surface area contributed by atoms with Crippen molar-refractivity contribution >= 4 is 12.0 Å². The van der Waals surface area contributed by atoms with Crippen LogP contribution in [0.15, 0.2) is 103 Å². The minimum Gasteiger partial charge on any atom is -0.362 e. The highest BCUT2D eigenvalue weighted by Crippen LogP contribution is 2.33. The van der Waals surface area contributed by atoms with Crippen LogP contribution in [0.1, 0.15) is 22.7 Å². The molecule has 1 aliphatic rings. The minimum absolute atomic E-state index is 0.101. The quantitative estimate of drug-likeness (QED) is 0.624. The third-order valence-electron chi connectivity index (χ3n) is 4.90. The van der Waals surface area contributed by atoms with Crippen molar-refractivity contribution in [2.24, 2.45) is 0 Å². The van der Waals surface area contributed by atoms with Crippen LogP contribution in [0, 0.1) is 0 Å². The minimum atomic E-state index is -0.101. The Morgan fingerprint density at radius 2 is 1.66 bits per heavy atom. The summed E-state index contributed by atoms with van der Waals surface area (Å²) in [6.07, 6.45) is 8.90. The summed E-state index contributed by atoms with van der Waals surface area (Å²) in [6, 6.07) is 25.0. The number of carbonyl (C=O) groups excluding carboxylic acids is 1. The summed E-state index contributed by atoms with van der Waals surface area (Å²) in [4.78, 5) is 18.4. The highest BCUT2D eigenvalue weighted by molar-refractivity contribution is 5.91. The molecule has 4 nitrogen and oxygen atoms in total. The van der Waals surface area contributed by atoms with Gasteiger partial charge in [-0.2, -0.15) is 0 Å². The molecule has 4 rings (SSSR count). The predicted molar refractivity (Wildman–Crippen MR) is 116 cm³/mol. The zero-order chi connectivity index (χ0) is 19.9. The first-order valence-electron chi connectivity index (χ1n) is 9.71. The fourth-order valence-electron chi connectivity index (χ4n) is 3.46.